The predicted molar refractivity (Wildman–Crippen MR) is 99.9 cm³/mol. The molecule has 0 saturated carbocycles. The van der Waals surface area contributed by atoms with Crippen molar-refractivity contribution in [2.75, 3.05) is 25.3 Å². The molecule has 2 aromatic rings. The van der Waals surface area contributed by atoms with Crippen LogP contribution in [0.2, 0.25) is 0 Å². The molecule has 1 amide bonds. The van der Waals surface area contributed by atoms with E-state index in [2.05, 4.69) is 10.6 Å². The van der Waals surface area contributed by atoms with Gasteiger partial charge in [-0.1, -0.05) is 6.07 Å². The van der Waals surface area contributed by atoms with E-state index in [0.717, 1.165) is 17.1 Å². The van der Waals surface area contributed by atoms with Gasteiger partial charge in [-0.15, -0.1) is 0 Å². The lowest BCUT2D eigenvalue weighted by molar-refractivity contribution is -0.116. The fraction of sp³-hybridized carbons (Fsp3) is 0.300. The summed E-state index contributed by atoms with van der Waals surface area (Å²) in [5, 5.41) is 6.03. The molecule has 0 saturated heterocycles. The van der Waals surface area contributed by atoms with Crippen molar-refractivity contribution in [2.45, 2.75) is 19.9 Å². The molecule has 1 heterocycles. The lowest BCUT2D eigenvalue weighted by Gasteiger charge is -2.08. The smallest absolute Gasteiger partial charge is 0.338 e. The summed E-state index contributed by atoms with van der Waals surface area (Å²) in [6, 6.07) is 12.4. The Bertz CT molecular complexity index is 805. The normalized spacial score (nSPS) is 11.9. The van der Waals surface area contributed by atoms with Crippen molar-refractivity contribution in [3.63, 3.8) is 0 Å². The molecule has 0 aromatic heterocycles. The molecule has 142 valence electrons. The fourth-order valence-corrected chi connectivity index (χ4v) is 2.61. The van der Waals surface area contributed by atoms with Gasteiger partial charge in [-0.25, -0.2) is 4.79 Å². The van der Waals surface area contributed by atoms with Gasteiger partial charge in [-0.3, -0.25) is 4.79 Å². The summed E-state index contributed by atoms with van der Waals surface area (Å²) < 4.78 is 15.5. The highest BCUT2D eigenvalue weighted by Crippen LogP contribution is 2.32. The molecule has 2 aromatic carbocycles. The van der Waals surface area contributed by atoms with Gasteiger partial charge in [0.15, 0.2) is 11.5 Å². The van der Waals surface area contributed by atoms with Crippen LogP contribution in [0.25, 0.3) is 0 Å². The van der Waals surface area contributed by atoms with E-state index in [9.17, 15) is 9.59 Å². The van der Waals surface area contributed by atoms with Crippen molar-refractivity contribution in [3.05, 3.63) is 53.6 Å². The third-order valence-corrected chi connectivity index (χ3v) is 3.97. The molecular formula is C20H22N2O5. The van der Waals surface area contributed by atoms with Gasteiger partial charge in [-0.05, 0) is 48.9 Å². The molecule has 0 unspecified atom stereocenters. The van der Waals surface area contributed by atoms with E-state index in [4.69, 9.17) is 14.2 Å². The molecule has 0 radical (unpaired) electrons. The number of rotatable bonds is 8. The SMILES string of the molecule is CCOC(=O)c1ccc(NC(=O)CCNCc2ccc3c(c2)OCO3)cc1. The summed E-state index contributed by atoms with van der Waals surface area (Å²) in [5.41, 5.74) is 2.17. The quantitative estimate of drug-likeness (QED) is 0.549. The number of hydrogen-bond donors (Lipinski definition) is 2. The summed E-state index contributed by atoms with van der Waals surface area (Å²) in [7, 11) is 0. The highest BCUT2D eigenvalue weighted by Gasteiger charge is 2.13. The molecule has 1 aliphatic heterocycles. The van der Waals surface area contributed by atoms with Crippen LogP contribution >= 0.6 is 0 Å². The molecule has 0 atom stereocenters. The van der Waals surface area contributed by atoms with Crippen molar-refractivity contribution in [2.24, 2.45) is 0 Å². The summed E-state index contributed by atoms with van der Waals surface area (Å²) in [6.45, 7) is 3.52. The third-order valence-electron chi connectivity index (χ3n) is 3.97. The highest BCUT2D eigenvalue weighted by atomic mass is 16.7. The first-order valence-corrected chi connectivity index (χ1v) is 8.82. The average Bonchev–Trinajstić information content (AvgIpc) is 3.14. The van der Waals surface area contributed by atoms with Crippen LogP contribution in [0.3, 0.4) is 0 Å². The molecule has 0 bridgehead atoms. The molecule has 27 heavy (non-hydrogen) atoms. The van der Waals surface area contributed by atoms with E-state index in [0.29, 0.717) is 37.4 Å². The molecular weight excluding hydrogens is 348 g/mol. The number of hydrogen-bond acceptors (Lipinski definition) is 6. The number of esters is 1. The Balaban J connectivity index is 1.39. The minimum absolute atomic E-state index is 0.0999. The predicted octanol–water partition coefficient (Wildman–Crippen LogP) is 2.71. The second-order valence-corrected chi connectivity index (χ2v) is 5.96. The van der Waals surface area contributed by atoms with Crippen molar-refractivity contribution in [1.82, 2.24) is 5.32 Å². The number of carbonyl (C=O) groups excluding carboxylic acids is 2. The zero-order chi connectivity index (χ0) is 19.1. The van der Waals surface area contributed by atoms with Gasteiger partial charge >= 0.3 is 5.97 Å². The first-order chi connectivity index (χ1) is 13.2. The van der Waals surface area contributed by atoms with Crippen LogP contribution < -0.4 is 20.1 Å². The van der Waals surface area contributed by atoms with E-state index in [1.165, 1.54) is 0 Å². The molecule has 0 fully saturated rings. The maximum absolute atomic E-state index is 12.0. The Hall–Kier alpha value is -3.06. The number of fused-ring (bicyclic) bond motifs is 1. The maximum atomic E-state index is 12.0. The third kappa shape index (κ3) is 5.21. The van der Waals surface area contributed by atoms with E-state index in [1.54, 1.807) is 31.2 Å². The Morgan fingerprint density at radius 1 is 1.07 bits per heavy atom. The van der Waals surface area contributed by atoms with Crippen molar-refractivity contribution in [1.29, 1.82) is 0 Å². The van der Waals surface area contributed by atoms with Gasteiger partial charge in [0.25, 0.3) is 0 Å². The average molecular weight is 370 g/mol. The highest BCUT2D eigenvalue weighted by molar-refractivity contribution is 5.93. The summed E-state index contributed by atoms with van der Waals surface area (Å²) in [6.07, 6.45) is 0.337. The van der Waals surface area contributed by atoms with Crippen molar-refractivity contribution < 1.29 is 23.8 Å². The van der Waals surface area contributed by atoms with Crippen LogP contribution in [0.4, 0.5) is 5.69 Å². The fourth-order valence-electron chi connectivity index (χ4n) is 2.61. The van der Waals surface area contributed by atoms with E-state index < -0.39 is 0 Å². The second-order valence-electron chi connectivity index (χ2n) is 5.96. The molecule has 7 nitrogen and oxygen atoms in total. The van der Waals surface area contributed by atoms with Gasteiger partial charge in [0, 0.05) is 25.2 Å². The second kappa shape index (κ2) is 9.05. The Morgan fingerprint density at radius 2 is 1.85 bits per heavy atom. The number of anilines is 1. The monoisotopic (exact) mass is 370 g/mol. The summed E-state index contributed by atoms with van der Waals surface area (Å²) in [4.78, 5) is 23.6. The first kappa shape index (κ1) is 18.7. The molecule has 2 N–H and O–H groups in total. The largest absolute Gasteiger partial charge is 0.462 e. The Morgan fingerprint density at radius 3 is 2.63 bits per heavy atom. The van der Waals surface area contributed by atoms with Crippen LogP contribution in [-0.2, 0) is 16.1 Å². The zero-order valence-electron chi connectivity index (χ0n) is 15.1. The summed E-state index contributed by atoms with van der Waals surface area (Å²) >= 11 is 0. The van der Waals surface area contributed by atoms with Gasteiger partial charge in [-0.2, -0.15) is 0 Å². The van der Waals surface area contributed by atoms with Crippen LogP contribution in [0.1, 0.15) is 29.3 Å². The molecule has 1 aliphatic rings. The topological polar surface area (TPSA) is 85.9 Å². The maximum Gasteiger partial charge on any atom is 0.338 e. The number of amides is 1. The van der Waals surface area contributed by atoms with Crippen LogP contribution in [0.15, 0.2) is 42.5 Å². The molecule has 7 heteroatoms. The number of nitrogens with one attached hydrogen (secondary N) is 2. The van der Waals surface area contributed by atoms with Gasteiger partial charge in [0.2, 0.25) is 12.7 Å². The van der Waals surface area contributed by atoms with Gasteiger partial charge in [0.05, 0.1) is 12.2 Å². The van der Waals surface area contributed by atoms with E-state index in [-0.39, 0.29) is 18.7 Å². The van der Waals surface area contributed by atoms with E-state index >= 15 is 0 Å². The van der Waals surface area contributed by atoms with Crippen molar-refractivity contribution >= 4 is 17.6 Å². The van der Waals surface area contributed by atoms with Gasteiger partial charge in [0.1, 0.15) is 0 Å². The minimum Gasteiger partial charge on any atom is -0.462 e. The van der Waals surface area contributed by atoms with E-state index in [1.807, 2.05) is 18.2 Å². The van der Waals surface area contributed by atoms with Crippen LogP contribution in [0, 0.1) is 0 Å². The Labute approximate surface area is 157 Å². The number of benzene rings is 2. The van der Waals surface area contributed by atoms with Crippen molar-refractivity contribution in [3.8, 4) is 11.5 Å². The molecule has 0 aliphatic carbocycles. The number of ether oxygens (including phenoxy) is 3. The lowest BCUT2D eigenvalue weighted by atomic mass is 10.2. The van der Waals surface area contributed by atoms with Crippen LogP contribution in [0.5, 0.6) is 11.5 Å². The molecule has 3 rings (SSSR count). The molecule has 0 spiro atoms. The lowest BCUT2D eigenvalue weighted by Crippen LogP contribution is -2.21. The standard InChI is InChI=1S/C20H22N2O5/c1-2-25-20(24)15-4-6-16(7-5-15)22-19(23)9-10-21-12-14-3-8-17-18(11-14)27-13-26-17/h3-8,11,21H,2,9-10,12-13H2,1H3,(H,22,23). The van der Waals surface area contributed by atoms with Crippen LogP contribution in [-0.4, -0.2) is 31.8 Å². The first-order valence-electron chi connectivity index (χ1n) is 8.82. The zero-order valence-corrected chi connectivity index (χ0v) is 15.1. The number of carbonyl (C=O) groups is 2. The minimum atomic E-state index is -0.372. The van der Waals surface area contributed by atoms with Gasteiger partial charge < -0.3 is 24.8 Å². The summed E-state index contributed by atoms with van der Waals surface area (Å²) in [5.74, 6) is 1.03. The Kier molecular flexibility index (Phi) is 6.27.